The topological polar surface area (TPSA) is 55.0 Å². The van der Waals surface area contributed by atoms with Gasteiger partial charge in [-0.05, 0) is 31.2 Å². The van der Waals surface area contributed by atoms with Gasteiger partial charge in [-0.15, -0.1) is 0 Å². The third kappa shape index (κ3) is 3.26. The van der Waals surface area contributed by atoms with E-state index in [4.69, 9.17) is 18.0 Å². The Bertz CT molecular complexity index is 556. The van der Waals surface area contributed by atoms with E-state index in [0.717, 1.165) is 17.9 Å². The summed E-state index contributed by atoms with van der Waals surface area (Å²) in [5.74, 6) is 0. The second-order valence-corrected chi connectivity index (χ2v) is 4.51. The minimum absolute atomic E-state index is 0.315. The quantitative estimate of drug-likeness (QED) is 0.845. The molecule has 0 saturated heterocycles. The average Bonchev–Trinajstić information content (AvgIpc) is 2.46. The van der Waals surface area contributed by atoms with Crippen molar-refractivity contribution in [2.24, 2.45) is 5.73 Å². The van der Waals surface area contributed by atoms with Gasteiger partial charge < -0.3 is 10.6 Å². The van der Waals surface area contributed by atoms with Gasteiger partial charge in [-0.1, -0.05) is 18.3 Å². The van der Waals surface area contributed by atoms with E-state index in [1.165, 1.54) is 0 Å². The lowest BCUT2D eigenvalue weighted by atomic mass is 10.2. The maximum atomic E-state index is 5.73. The van der Waals surface area contributed by atoms with Crippen molar-refractivity contribution in [3.63, 3.8) is 0 Å². The van der Waals surface area contributed by atoms with Crippen molar-refractivity contribution in [3.8, 4) is 0 Å². The van der Waals surface area contributed by atoms with E-state index in [2.05, 4.69) is 21.8 Å². The van der Waals surface area contributed by atoms with Gasteiger partial charge in [-0.2, -0.15) is 0 Å². The maximum Gasteiger partial charge on any atom is 0.124 e. The largest absolute Gasteiger partial charge is 0.388 e. The van der Waals surface area contributed by atoms with Crippen molar-refractivity contribution in [1.29, 1.82) is 0 Å². The standard InChI is InChI=1S/C14H16N4S/c1-2-18(10-11-6-3-4-8-16-11)12-7-5-9-17-13(12)14(15)19/h3-9H,2,10H2,1H3,(H2,15,19). The lowest BCUT2D eigenvalue weighted by molar-refractivity contribution is 0.806. The Morgan fingerprint density at radius 2 is 2.00 bits per heavy atom. The van der Waals surface area contributed by atoms with Crippen LogP contribution >= 0.6 is 12.2 Å². The molecule has 0 amide bonds. The van der Waals surface area contributed by atoms with Gasteiger partial charge in [-0.25, -0.2) is 0 Å². The molecule has 0 aliphatic carbocycles. The first-order chi connectivity index (χ1) is 9.22. The number of nitrogens with two attached hydrogens (primary N) is 1. The summed E-state index contributed by atoms with van der Waals surface area (Å²) in [7, 11) is 0. The normalized spacial score (nSPS) is 10.2. The summed E-state index contributed by atoms with van der Waals surface area (Å²) in [6, 6.07) is 9.75. The molecule has 0 unspecified atom stereocenters. The fraction of sp³-hybridized carbons (Fsp3) is 0.214. The molecule has 0 saturated carbocycles. The van der Waals surface area contributed by atoms with Crippen LogP contribution in [0, 0.1) is 0 Å². The Kier molecular flexibility index (Phi) is 4.41. The van der Waals surface area contributed by atoms with Crippen molar-refractivity contribution in [3.05, 3.63) is 54.1 Å². The summed E-state index contributed by atoms with van der Waals surface area (Å²) in [5, 5.41) is 0. The van der Waals surface area contributed by atoms with Crippen LogP contribution in [-0.4, -0.2) is 21.5 Å². The van der Waals surface area contributed by atoms with Crippen molar-refractivity contribution in [2.45, 2.75) is 13.5 Å². The van der Waals surface area contributed by atoms with Crippen LogP contribution in [0.15, 0.2) is 42.7 Å². The molecule has 2 N–H and O–H groups in total. The van der Waals surface area contributed by atoms with Crippen molar-refractivity contribution < 1.29 is 0 Å². The highest BCUT2D eigenvalue weighted by molar-refractivity contribution is 7.80. The highest BCUT2D eigenvalue weighted by Crippen LogP contribution is 2.19. The number of thiocarbonyl (C=S) groups is 1. The van der Waals surface area contributed by atoms with Crippen LogP contribution in [0.1, 0.15) is 18.3 Å². The van der Waals surface area contributed by atoms with Gasteiger partial charge in [0.15, 0.2) is 0 Å². The van der Waals surface area contributed by atoms with Crippen molar-refractivity contribution in [1.82, 2.24) is 9.97 Å². The Hall–Kier alpha value is -2.01. The third-order valence-corrected chi connectivity index (χ3v) is 3.01. The van der Waals surface area contributed by atoms with Gasteiger partial charge in [0.1, 0.15) is 10.7 Å². The Morgan fingerprint density at radius 1 is 1.21 bits per heavy atom. The molecule has 0 aliphatic rings. The lowest BCUT2D eigenvalue weighted by Gasteiger charge is -2.24. The molecule has 0 bridgehead atoms. The van der Waals surface area contributed by atoms with Gasteiger partial charge in [0, 0.05) is 18.9 Å². The molecular weight excluding hydrogens is 256 g/mol. The summed E-state index contributed by atoms with van der Waals surface area (Å²) in [5.41, 5.74) is 8.34. The molecule has 2 rings (SSSR count). The van der Waals surface area contributed by atoms with Crippen LogP contribution < -0.4 is 10.6 Å². The minimum Gasteiger partial charge on any atom is -0.388 e. The van der Waals surface area contributed by atoms with Crippen LogP contribution in [0.2, 0.25) is 0 Å². The molecule has 0 spiro atoms. The van der Waals surface area contributed by atoms with E-state index in [1.807, 2.05) is 30.3 Å². The summed E-state index contributed by atoms with van der Waals surface area (Å²) >= 11 is 5.05. The Morgan fingerprint density at radius 3 is 2.63 bits per heavy atom. The van der Waals surface area contributed by atoms with Crippen LogP contribution in [0.4, 0.5) is 5.69 Å². The summed E-state index contributed by atoms with van der Waals surface area (Å²) < 4.78 is 0. The van der Waals surface area contributed by atoms with Gasteiger partial charge >= 0.3 is 0 Å². The number of aromatic nitrogens is 2. The zero-order chi connectivity index (χ0) is 13.7. The molecule has 0 aliphatic heterocycles. The lowest BCUT2D eigenvalue weighted by Crippen LogP contribution is -2.26. The summed E-state index contributed by atoms with van der Waals surface area (Å²) in [6.45, 7) is 3.62. The predicted octanol–water partition coefficient (Wildman–Crippen LogP) is 2.14. The fourth-order valence-electron chi connectivity index (χ4n) is 1.90. The number of hydrogen-bond acceptors (Lipinski definition) is 4. The highest BCUT2D eigenvalue weighted by atomic mass is 32.1. The first-order valence-electron chi connectivity index (χ1n) is 6.12. The molecule has 5 heteroatoms. The molecule has 0 aromatic carbocycles. The van der Waals surface area contributed by atoms with Gasteiger partial charge in [0.2, 0.25) is 0 Å². The second kappa shape index (κ2) is 6.24. The summed E-state index contributed by atoms with van der Waals surface area (Å²) in [4.78, 5) is 11.1. The molecule has 4 nitrogen and oxygen atoms in total. The highest BCUT2D eigenvalue weighted by Gasteiger charge is 2.13. The van der Waals surface area contributed by atoms with Crippen LogP contribution in [-0.2, 0) is 6.54 Å². The van der Waals surface area contributed by atoms with E-state index in [9.17, 15) is 0 Å². The third-order valence-electron chi connectivity index (χ3n) is 2.82. The Balaban J connectivity index is 2.30. The zero-order valence-electron chi connectivity index (χ0n) is 10.8. The van der Waals surface area contributed by atoms with E-state index in [1.54, 1.807) is 12.4 Å². The van der Waals surface area contributed by atoms with E-state index >= 15 is 0 Å². The number of nitrogens with zero attached hydrogens (tertiary/aromatic N) is 3. The molecule has 19 heavy (non-hydrogen) atoms. The molecule has 2 heterocycles. The number of anilines is 1. The van der Waals surface area contributed by atoms with E-state index in [-0.39, 0.29) is 0 Å². The molecule has 2 aromatic rings. The number of rotatable bonds is 5. The zero-order valence-corrected chi connectivity index (χ0v) is 11.6. The second-order valence-electron chi connectivity index (χ2n) is 4.07. The van der Waals surface area contributed by atoms with Crippen molar-refractivity contribution in [2.75, 3.05) is 11.4 Å². The van der Waals surface area contributed by atoms with Crippen LogP contribution in [0.3, 0.4) is 0 Å². The molecule has 98 valence electrons. The van der Waals surface area contributed by atoms with Gasteiger partial charge in [0.05, 0.1) is 17.9 Å². The fourth-order valence-corrected chi connectivity index (χ4v) is 2.05. The summed E-state index contributed by atoms with van der Waals surface area (Å²) in [6.07, 6.45) is 3.49. The molecule has 0 radical (unpaired) electrons. The van der Waals surface area contributed by atoms with E-state index in [0.29, 0.717) is 17.2 Å². The smallest absolute Gasteiger partial charge is 0.124 e. The SMILES string of the molecule is CCN(Cc1ccccn1)c1cccnc1C(N)=S. The first-order valence-corrected chi connectivity index (χ1v) is 6.53. The number of pyridine rings is 2. The van der Waals surface area contributed by atoms with Crippen LogP contribution in [0.25, 0.3) is 0 Å². The Labute approximate surface area is 118 Å². The van der Waals surface area contributed by atoms with E-state index < -0.39 is 0 Å². The maximum absolute atomic E-state index is 5.73. The van der Waals surface area contributed by atoms with Gasteiger partial charge in [0.25, 0.3) is 0 Å². The molecule has 0 fully saturated rings. The van der Waals surface area contributed by atoms with Gasteiger partial charge in [-0.3, -0.25) is 9.97 Å². The van der Waals surface area contributed by atoms with Crippen LogP contribution in [0.5, 0.6) is 0 Å². The minimum atomic E-state index is 0.315. The molecule has 0 atom stereocenters. The number of hydrogen-bond donors (Lipinski definition) is 1. The average molecular weight is 272 g/mol. The molecule has 2 aromatic heterocycles. The van der Waals surface area contributed by atoms with Crippen molar-refractivity contribution >= 4 is 22.9 Å². The predicted molar refractivity (Wildman–Crippen MR) is 81.1 cm³/mol. The molecular formula is C14H16N4S. The first kappa shape index (κ1) is 13.4. The monoisotopic (exact) mass is 272 g/mol.